The van der Waals surface area contributed by atoms with Gasteiger partial charge in [0.15, 0.2) is 0 Å². The molecule has 0 saturated heterocycles. The second-order valence-electron chi connectivity index (χ2n) is 2.78. The fourth-order valence-corrected chi connectivity index (χ4v) is 0.712. The van der Waals surface area contributed by atoms with E-state index in [4.69, 9.17) is 0 Å². The van der Waals surface area contributed by atoms with Crippen LogP contribution in [0.3, 0.4) is 0 Å². The predicted molar refractivity (Wildman–Crippen MR) is 65.5 cm³/mol. The third-order valence-corrected chi connectivity index (χ3v) is 1.26. The first-order chi connectivity index (χ1) is 7.99. The van der Waals surface area contributed by atoms with Crippen molar-refractivity contribution >= 4 is 44.6 Å². The van der Waals surface area contributed by atoms with E-state index in [0.29, 0.717) is 0 Å². The van der Waals surface area contributed by atoms with Crippen LogP contribution in [0.2, 0.25) is 0 Å². The summed E-state index contributed by atoms with van der Waals surface area (Å²) in [6.07, 6.45) is 4.79. The average molecular weight is 272 g/mol. The molecule has 2 rings (SSSR count). The molecule has 2 aliphatic heterocycles. The Morgan fingerprint density at radius 2 is 0.882 bits per heavy atom. The summed E-state index contributed by atoms with van der Waals surface area (Å²) in [5, 5.41) is 4.06. The molecular weight excluding hydrogens is 260 g/mol. The topological polar surface area (TPSA) is 102 Å². The van der Waals surface area contributed by atoms with E-state index >= 15 is 0 Å². The molecule has 0 aromatic rings. The summed E-state index contributed by atoms with van der Waals surface area (Å²) in [7, 11) is 1.86. The fraction of sp³-hybridized carbons (Fsp3) is 0. The lowest BCUT2D eigenvalue weighted by Crippen LogP contribution is -2.19. The van der Waals surface area contributed by atoms with Gasteiger partial charge in [0.25, 0.3) is 23.6 Å². The molecule has 2 aliphatic rings. The number of carbonyl (C=O) groups is 4. The van der Waals surface area contributed by atoms with Gasteiger partial charge in [0, 0.05) is 24.3 Å². The summed E-state index contributed by atoms with van der Waals surface area (Å²) in [6.45, 7) is 0. The number of amides is 4. The predicted octanol–water partition coefficient (Wildman–Crippen LogP) is -4.04. The highest BCUT2D eigenvalue weighted by Crippen LogP contribution is 1.83. The van der Waals surface area contributed by atoms with Gasteiger partial charge < -0.3 is 4.12 Å². The second kappa shape index (κ2) is 8.32. The van der Waals surface area contributed by atoms with Crippen LogP contribution in [0.5, 0.6) is 0 Å². The summed E-state index contributed by atoms with van der Waals surface area (Å²) in [5.41, 5.74) is 0. The van der Waals surface area contributed by atoms with E-state index in [1.165, 1.54) is 24.3 Å². The van der Waals surface area contributed by atoms with Crippen molar-refractivity contribution in [2.75, 3.05) is 0 Å². The van der Waals surface area contributed by atoms with Crippen molar-refractivity contribution in [3.05, 3.63) is 24.3 Å². The lowest BCUT2D eigenvalue weighted by molar-refractivity contribution is -0.125. The van der Waals surface area contributed by atoms with Crippen molar-refractivity contribution in [1.82, 2.24) is 10.6 Å². The van der Waals surface area contributed by atoms with Crippen LogP contribution in [0.25, 0.3) is 0 Å². The number of hydrogen-bond acceptors (Lipinski definition) is 5. The average Bonchev–Trinajstić information content (AvgIpc) is 2.78. The van der Waals surface area contributed by atoms with Gasteiger partial charge >= 0.3 is 0 Å². The van der Waals surface area contributed by atoms with Gasteiger partial charge in [-0.05, 0) is 0 Å². The van der Waals surface area contributed by atoms with E-state index in [1.807, 2.05) is 10.6 Å². The number of carbonyl (C=O) groups excluding carboxylic acids is 4. The van der Waals surface area contributed by atoms with Crippen molar-refractivity contribution in [1.29, 1.82) is 0 Å². The highest BCUT2D eigenvalue weighted by atomic mass is 28.3. The number of hydrogen-bond donors (Lipinski definition) is 2. The van der Waals surface area contributed by atoms with Crippen LogP contribution >= 0.6 is 0 Å². The van der Waals surface area contributed by atoms with Gasteiger partial charge in [0.2, 0.25) is 0 Å². The molecule has 0 atom stereocenters. The summed E-state index contributed by atoms with van der Waals surface area (Å²) in [6, 6.07) is 0. The Bertz CT molecular complexity index is 323. The minimum Gasteiger partial charge on any atom is -0.471 e. The quantitative estimate of drug-likeness (QED) is 0.345. The highest BCUT2D eigenvalue weighted by molar-refractivity contribution is 6.15. The Morgan fingerprint density at radius 3 is 0.941 bits per heavy atom. The Balaban J connectivity index is 0.000000247. The number of nitrogens with one attached hydrogen (secondary N) is 2. The number of imide groups is 2. The van der Waals surface area contributed by atoms with Crippen molar-refractivity contribution in [2.45, 2.75) is 0 Å². The van der Waals surface area contributed by atoms with E-state index in [1.54, 1.807) is 0 Å². The van der Waals surface area contributed by atoms with Crippen molar-refractivity contribution < 1.29 is 23.3 Å². The molecule has 0 spiro atoms. The van der Waals surface area contributed by atoms with E-state index in [0.717, 1.165) is 21.0 Å². The molecule has 0 fully saturated rings. The van der Waals surface area contributed by atoms with Crippen LogP contribution in [-0.4, -0.2) is 44.6 Å². The van der Waals surface area contributed by atoms with E-state index < -0.39 is 0 Å². The third kappa shape index (κ3) is 8.01. The Labute approximate surface area is 103 Å². The molecule has 4 amide bonds. The molecule has 9 heteroatoms. The van der Waals surface area contributed by atoms with Crippen LogP contribution in [0.15, 0.2) is 24.3 Å². The van der Waals surface area contributed by atoms with Gasteiger partial charge in [-0.1, -0.05) is 0 Å². The maximum absolute atomic E-state index is 10.0. The molecule has 0 aromatic carbocycles. The molecule has 7 nitrogen and oxygen atoms in total. The Morgan fingerprint density at radius 1 is 0.706 bits per heavy atom. The molecular formula is C8H12N2O5Si2. The third-order valence-electron chi connectivity index (χ3n) is 1.26. The van der Waals surface area contributed by atoms with Crippen molar-refractivity contribution in [3.63, 3.8) is 0 Å². The first-order valence-electron chi connectivity index (χ1n) is 4.45. The van der Waals surface area contributed by atoms with Crippen LogP contribution in [0, 0.1) is 0 Å². The van der Waals surface area contributed by atoms with E-state index in [9.17, 15) is 19.2 Å². The smallest absolute Gasteiger partial charge is 0.250 e. The molecule has 0 unspecified atom stereocenters. The van der Waals surface area contributed by atoms with Crippen LogP contribution < -0.4 is 10.6 Å². The minimum absolute atomic E-state index is 0.329. The molecule has 0 saturated carbocycles. The lowest BCUT2D eigenvalue weighted by Gasteiger charge is -1.80. The fourth-order valence-electron chi connectivity index (χ4n) is 0.712. The zero-order chi connectivity index (χ0) is 13.3. The first kappa shape index (κ1) is 15.2. The number of rotatable bonds is 0. The summed E-state index contributed by atoms with van der Waals surface area (Å²) in [4.78, 5) is 40.1. The van der Waals surface area contributed by atoms with E-state index in [2.05, 4.69) is 4.12 Å². The van der Waals surface area contributed by atoms with Gasteiger partial charge in [-0.15, -0.1) is 0 Å². The Kier molecular flexibility index (Phi) is 7.42. The van der Waals surface area contributed by atoms with Crippen molar-refractivity contribution in [3.8, 4) is 0 Å². The normalized spacial score (nSPS) is 16.0. The van der Waals surface area contributed by atoms with Crippen molar-refractivity contribution in [2.24, 2.45) is 0 Å². The van der Waals surface area contributed by atoms with Gasteiger partial charge in [-0.3, -0.25) is 29.8 Å². The molecule has 0 radical (unpaired) electrons. The van der Waals surface area contributed by atoms with Gasteiger partial charge in [-0.2, -0.15) is 0 Å². The molecule has 0 bridgehead atoms. The summed E-state index contributed by atoms with van der Waals surface area (Å²) in [5.74, 6) is -1.31. The maximum atomic E-state index is 10.0. The van der Waals surface area contributed by atoms with Gasteiger partial charge in [-0.25, -0.2) is 0 Å². The highest BCUT2D eigenvalue weighted by Gasteiger charge is 2.07. The standard InChI is InChI=1S/2C4H3NO2.H6OSi2/c2*6-3-1-2-4(7)5-3;2-1-3/h2*1-2H,(H,5,6,7);2-3H3. The SMILES string of the molecule is O=C1C=CC(=O)N1.O=C1C=CC(=O)N1.[SiH3]O[SiH3]. The molecule has 17 heavy (non-hydrogen) atoms. The Hall–Kier alpha value is -1.85. The summed E-state index contributed by atoms with van der Waals surface area (Å²) < 4.78 is 4.53. The molecule has 92 valence electrons. The maximum Gasteiger partial charge on any atom is 0.250 e. The molecule has 0 aliphatic carbocycles. The zero-order valence-corrected chi connectivity index (χ0v) is 13.4. The van der Waals surface area contributed by atoms with Crippen LogP contribution in [-0.2, 0) is 23.3 Å². The van der Waals surface area contributed by atoms with E-state index in [-0.39, 0.29) is 23.6 Å². The second-order valence-corrected chi connectivity index (χ2v) is 6.05. The van der Waals surface area contributed by atoms with Gasteiger partial charge in [0.1, 0.15) is 21.0 Å². The van der Waals surface area contributed by atoms with Crippen LogP contribution in [0.4, 0.5) is 0 Å². The first-order valence-corrected chi connectivity index (χ1v) is 6.09. The largest absolute Gasteiger partial charge is 0.471 e. The molecule has 2 heterocycles. The monoisotopic (exact) mass is 272 g/mol. The molecule has 2 N–H and O–H groups in total. The minimum atomic E-state index is -0.329. The van der Waals surface area contributed by atoms with Crippen LogP contribution in [0.1, 0.15) is 0 Å². The lowest BCUT2D eigenvalue weighted by atomic mass is 10.6. The summed E-state index contributed by atoms with van der Waals surface area (Å²) >= 11 is 0. The molecule has 0 aromatic heterocycles. The van der Waals surface area contributed by atoms with Gasteiger partial charge in [0.05, 0.1) is 0 Å². The zero-order valence-electron chi connectivity index (χ0n) is 9.35.